The molecule has 0 bridgehead atoms. The largest absolute Gasteiger partial charge is 0.465 e. The minimum absolute atomic E-state index is 0.00931. The number of carbonyl (C=O) groups excluding carboxylic acids is 2. The van der Waals surface area contributed by atoms with Crippen LogP contribution in [0.25, 0.3) is 11.1 Å². The Labute approximate surface area is 150 Å². The van der Waals surface area contributed by atoms with Gasteiger partial charge in [-0.1, -0.05) is 24.3 Å². The third kappa shape index (κ3) is 4.44. The van der Waals surface area contributed by atoms with E-state index in [1.807, 2.05) is 0 Å². The number of nitrogens with zero attached hydrogens (tertiary/aromatic N) is 1. The van der Waals surface area contributed by atoms with Crippen molar-refractivity contribution >= 4 is 17.6 Å². The van der Waals surface area contributed by atoms with Crippen molar-refractivity contribution in [2.24, 2.45) is 0 Å². The molecule has 0 aliphatic rings. The van der Waals surface area contributed by atoms with E-state index in [1.165, 1.54) is 12.1 Å². The molecule has 7 heteroatoms. The molecule has 0 aliphatic heterocycles. The molecule has 0 aromatic heterocycles. The lowest BCUT2D eigenvalue weighted by molar-refractivity contribution is -0.384. The Morgan fingerprint density at radius 2 is 1.31 bits per heavy atom. The van der Waals surface area contributed by atoms with Gasteiger partial charge in [0.15, 0.2) is 5.92 Å². The maximum atomic E-state index is 12.1. The van der Waals surface area contributed by atoms with Crippen molar-refractivity contribution in [3.63, 3.8) is 0 Å². The quantitative estimate of drug-likeness (QED) is 0.326. The Balaban J connectivity index is 2.28. The molecule has 0 fully saturated rings. The van der Waals surface area contributed by atoms with Crippen LogP contribution >= 0.6 is 0 Å². The van der Waals surface area contributed by atoms with Crippen molar-refractivity contribution < 1.29 is 24.0 Å². The topological polar surface area (TPSA) is 95.7 Å². The lowest BCUT2D eigenvalue weighted by atomic mass is 9.96. The van der Waals surface area contributed by atoms with Gasteiger partial charge in [-0.25, -0.2) is 0 Å². The number of esters is 2. The first-order valence-electron chi connectivity index (χ1n) is 8.16. The highest BCUT2D eigenvalue weighted by Gasteiger charge is 2.31. The lowest BCUT2D eigenvalue weighted by Crippen LogP contribution is -2.26. The van der Waals surface area contributed by atoms with Crippen LogP contribution in [-0.4, -0.2) is 30.1 Å². The second-order valence-corrected chi connectivity index (χ2v) is 5.36. The Hall–Kier alpha value is -3.22. The summed E-state index contributed by atoms with van der Waals surface area (Å²) in [6, 6.07) is 12.9. The number of hydrogen-bond donors (Lipinski definition) is 0. The maximum Gasteiger partial charge on any atom is 0.324 e. The summed E-state index contributed by atoms with van der Waals surface area (Å²) >= 11 is 0. The van der Waals surface area contributed by atoms with E-state index in [0.29, 0.717) is 5.56 Å². The first kappa shape index (κ1) is 19.1. The molecule has 0 amide bonds. The third-order valence-electron chi connectivity index (χ3n) is 3.70. The van der Waals surface area contributed by atoms with Crippen molar-refractivity contribution in [3.05, 3.63) is 64.2 Å². The van der Waals surface area contributed by atoms with Gasteiger partial charge in [0.1, 0.15) is 0 Å². The molecule has 26 heavy (non-hydrogen) atoms. The third-order valence-corrected chi connectivity index (χ3v) is 3.70. The lowest BCUT2D eigenvalue weighted by Gasteiger charge is -2.15. The molecule has 2 rings (SSSR count). The summed E-state index contributed by atoms with van der Waals surface area (Å²) < 4.78 is 9.95. The van der Waals surface area contributed by atoms with Crippen LogP contribution in [0.15, 0.2) is 48.5 Å². The number of rotatable bonds is 7. The average molecular weight is 357 g/mol. The minimum Gasteiger partial charge on any atom is -0.465 e. The van der Waals surface area contributed by atoms with Gasteiger partial charge >= 0.3 is 11.9 Å². The SMILES string of the molecule is CCOC(=O)C(C(=O)OCC)c1ccc(-c2ccc([N+](=O)[O-])cc2)cc1. The highest BCUT2D eigenvalue weighted by atomic mass is 16.6. The molecular weight excluding hydrogens is 338 g/mol. The summed E-state index contributed by atoms with van der Waals surface area (Å²) in [7, 11) is 0. The molecule has 0 saturated carbocycles. The Bertz CT molecular complexity index is 765. The summed E-state index contributed by atoms with van der Waals surface area (Å²) in [5.74, 6) is -2.45. The predicted octanol–water partition coefficient (Wildman–Crippen LogP) is 3.47. The van der Waals surface area contributed by atoms with Gasteiger partial charge < -0.3 is 9.47 Å². The molecule has 0 aliphatic carbocycles. The van der Waals surface area contributed by atoms with Crippen molar-refractivity contribution in [1.82, 2.24) is 0 Å². The molecule has 7 nitrogen and oxygen atoms in total. The van der Waals surface area contributed by atoms with Crippen LogP contribution in [0.2, 0.25) is 0 Å². The molecule has 0 atom stereocenters. The van der Waals surface area contributed by atoms with Crippen molar-refractivity contribution in [3.8, 4) is 11.1 Å². The van der Waals surface area contributed by atoms with Gasteiger partial charge in [0.05, 0.1) is 18.1 Å². The Morgan fingerprint density at radius 3 is 1.69 bits per heavy atom. The number of hydrogen-bond acceptors (Lipinski definition) is 6. The molecule has 0 spiro atoms. The normalized spacial score (nSPS) is 10.4. The van der Waals surface area contributed by atoms with Gasteiger partial charge in [-0.3, -0.25) is 19.7 Å². The maximum absolute atomic E-state index is 12.1. The van der Waals surface area contributed by atoms with Gasteiger partial charge in [0.2, 0.25) is 0 Å². The zero-order chi connectivity index (χ0) is 19.1. The number of ether oxygens (including phenoxy) is 2. The van der Waals surface area contributed by atoms with E-state index in [9.17, 15) is 19.7 Å². The highest BCUT2D eigenvalue weighted by Crippen LogP contribution is 2.26. The second kappa shape index (κ2) is 8.75. The van der Waals surface area contributed by atoms with E-state index < -0.39 is 22.8 Å². The molecule has 2 aromatic carbocycles. The van der Waals surface area contributed by atoms with Crippen LogP contribution < -0.4 is 0 Å². The summed E-state index contributed by atoms with van der Waals surface area (Å²) in [5, 5.41) is 10.7. The molecule has 136 valence electrons. The van der Waals surface area contributed by atoms with Gasteiger partial charge in [-0.2, -0.15) is 0 Å². The molecular formula is C19H19NO6. The summed E-state index contributed by atoms with van der Waals surface area (Å²) in [6.07, 6.45) is 0. The monoisotopic (exact) mass is 357 g/mol. The Morgan fingerprint density at radius 1 is 0.885 bits per heavy atom. The van der Waals surface area contributed by atoms with Crippen LogP contribution in [0.5, 0.6) is 0 Å². The molecule has 2 aromatic rings. The number of benzene rings is 2. The van der Waals surface area contributed by atoms with E-state index in [0.717, 1.165) is 11.1 Å². The van der Waals surface area contributed by atoms with E-state index >= 15 is 0 Å². The number of nitro benzene ring substituents is 1. The predicted molar refractivity (Wildman–Crippen MR) is 94.5 cm³/mol. The molecule has 0 unspecified atom stereocenters. The van der Waals surface area contributed by atoms with Crippen molar-refractivity contribution in [2.45, 2.75) is 19.8 Å². The van der Waals surface area contributed by atoms with Gasteiger partial charge in [0, 0.05) is 12.1 Å². The molecule has 0 N–H and O–H groups in total. The van der Waals surface area contributed by atoms with Crippen molar-refractivity contribution in [2.75, 3.05) is 13.2 Å². The van der Waals surface area contributed by atoms with E-state index in [1.54, 1.807) is 50.2 Å². The van der Waals surface area contributed by atoms with E-state index in [-0.39, 0.29) is 18.9 Å². The van der Waals surface area contributed by atoms with Gasteiger partial charge in [0.25, 0.3) is 5.69 Å². The van der Waals surface area contributed by atoms with E-state index in [4.69, 9.17) is 9.47 Å². The van der Waals surface area contributed by atoms with Crippen LogP contribution in [0, 0.1) is 10.1 Å². The second-order valence-electron chi connectivity index (χ2n) is 5.36. The van der Waals surface area contributed by atoms with Crippen molar-refractivity contribution in [1.29, 1.82) is 0 Å². The van der Waals surface area contributed by atoms with Gasteiger partial charge in [-0.05, 0) is 42.7 Å². The summed E-state index contributed by atoms with van der Waals surface area (Å²) in [6.45, 7) is 3.65. The van der Waals surface area contributed by atoms with Crippen LogP contribution in [0.1, 0.15) is 25.3 Å². The molecule has 0 radical (unpaired) electrons. The van der Waals surface area contributed by atoms with Crippen LogP contribution in [0.3, 0.4) is 0 Å². The number of non-ortho nitro benzene ring substituents is 1. The zero-order valence-corrected chi connectivity index (χ0v) is 14.5. The fourth-order valence-electron chi connectivity index (χ4n) is 2.46. The van der Waals surface area contributed by atoms with Gasteiger partial charge in [-0.15, -0.1) is 0 Å². The fraction of sp³-hybridized carbons (Fsp3) is 0.263. The zero-order valence-electron chi connectivity index (χ0n) is 14.5. The summed E-state index contributed by atoms with van der Waals surface area (Å²) in [5.41, 5.74) is 2.06. The number of carbonyl (C=O) groups is 2. The number of nitro groups is 1. The van der Waals surface area contributed by atoms with Crippen LogP contribution in [0.4, 0.5) is 5.69 Å². The van der Waals surface area contributed by atoms with Crippen LogP contribution in [-0.2, 0) is 19.1 Å². The standard InChI is InChI=1S/C19H19NO6/c1-3-25-18(21)17(19(22)26-4-2)15-7-5-13(6-8-15)14-9-11-16(12-10-14)20(23)24/h5-12,17H,3-4H2,1-2H3. The Kier molecular flexibility index (Phi) is 6.43. The molecule has 0 saturated heterocycles. The highest BCUT2D eigenvalue weighted by molar-refractivity contribution is 6.00. The fourth-order valence-corrected chi connectivity index (χ4v) is 2.46. The van der Waals surface area contributed by atoms with E-state index in [2.05, 4.69) is 0 Å². The summed E-state index contributed by atoms with van der Waals surface area (Å²) in [4.78, 5) is 34.5. The molecule has 0 heterocycles. The smallest absolute Gasteiger partial charge is 0.324 e. The first-order valence-corrected chi connectivity index (χ1v) is 8.16. The average Bonchev–Trinajstić information content (AvgIpc) is 2.63. The first-order chi connectivity index (χ1) is 12.5. The minimum atomic E-state index is -1.14.